The molecular formula is C24H20ClN3O2S. The predicted molar refractivity (Wildman–Crippen MR) is 127 cm³/mol. The molecule has 0 radical (unpaired) electrons. The maximum absolute atomic E-state index is 13.1. The summed E-state index contributed by atoms with van der Waals surface area (Å²) >= 11 is 7.29. The van der Waals surface area contributed by atoms with Gasteiger partial charge >= 0.3 is 0 Å². The van der Waals surface area contributed by atoms with Gasteiger partial charge in [0, 0.05) is 17.1 Å². The van der Waals surface area contributed by atoms with Crippen molar-refractivity contribution in [1.29, 1.82) is 0 Å². The lowest BCUT2D eigenvalue weighted by Crippen LogP contribution is -2.44. The molecule has 7 heteroatoms. The Kier molecular flexibility index (Phi) is 6.70. The highest BCUT2D eigenvalue weighted by Crippen LogP contribution is 2.31. The zero-order valence-corrected chi connectivity index (χ0v) is 18.1. The molecule has 4 rings (SSSR count). The van der Waals surface area contributed by atoms with Crippen molar-refractivity contribution in [3.8, 4) is 0 Å². The average molecular weight is 450 g/mol. The largest absolute Gasteiger partial charge is 0.325 e. The van der Waals surface area contributed by atoms with Gasteiger partial charge in [-0.2, -0.15) is 0 Å². The molecule has 0 aliphatic carbocycles. The zero-order valence-electron chi connectivity index (χ0n) is 16.6. The van der Waals surface area contributed by atoms with Crippen molar-refractivity contribution in [2.75, 3.05) is 5.32 Å². The summed E-state index contributed by atoms with van der Waals surface area (Å²) in [4.78, 5) is 32.2. The molecule has 1 aliphatic heterocycles. The van der Waals surface area contributed by atoms with Gasteiger partial charge in [0.25, 0.3) is 0 Å². The van der Waals surface area contributed by atoms with Crippen LogP contribution < -0.4 is 5.32 Å². The van der Waals surface area contributed by atoms with Gasteiger partial charge in [-0.25, -0.2) is 4.99 Å². The Hall–Kier alpha value is -3.09. The molecule has 1 fully saturated rings. The van der Waals surface area contributed by atoms with E-state index in [0.717, 1.165) is 11.3 Å². The van der Waals surface area contributed by atoms with Crippen LogP contribution >= 0.6 is 23.4 Å². The number of nitrogens with one attached hydrogen (secondary N) is 1. The zero-order chi connectivity index (χ0) is 21.6. The minimum absolute atomic E-state index is 0.102. The van der Waals surface area contributed by atoms with Crippen LogP contribution in [0.25, 0.3) is 0 Å². The Morgan fingerprint density at radius 3 is 2.32 bits per heavy atom. The van der Waals surface area contributed by atoms with Gasteiger partial charge in [0.1, 0.15) is 5.25 Å². The fourth-order valence-corrected chi connectivity index (χ4v) is 4.35. The Morgan fingerprint density at radius 1 is 1.00 bits per heavy atom. The molecule has 1 N–H and O–H groups in total. The fraction of sp³-hybridized carbons (Fsp3) is 0.125. The van der Waals surface area contributed by atoms with E-state index in [4.69, 9.17) is 11.6 Å². The van der Waals surface area contributed by atoms with E-state index in [1.807, 2.05) is 72.8 Å². The first kappa shape index (κ1) is 21.2. The SMILES string of the molecule is O=C(Nc1ccccc1)C1CC(=O)N(Cc2ccc(Cl)cc2)C(=Nc2ccccc2)S1. The molecule has 3 aromatic carbocycles. The van der Waals surface area contributed by atoms with E-state index in [1.54, 1.807) is 17.0 Å². The minimum atomic E-state index is -0.559. The van der Waals surface area contributed by atoms with Crippen molar-refractivity contribution < 1.29 is 9.59 Å². The van der Waals surface area contributed by atoms with E-state index in [-0.39, 0.29) is 18.2 Å². The van der Waals surface area contributed by atoms with Crippen LogP contribution in [0.5, 0.6) is 0 Å². The van der Waals surface area contributed by atoms with Crippen LogP contribution in [0.3, 0.4) is 0 Å². The third kappa shape index (κ3) is 5.54. The molecule has 0 aromatic heterocycles. The molecular weight excluding hydrogens is 430 g/mol. The van der Waals surface area contributed by atoms with Crippen LogP contribution in [0.2, 0.25) is 5.02 Å². The van der Waals surface area contributed by atoms with Gasteiger partial charge in [0.05, 0.1) is 12.2 Å². The van der Waals surface area contributed by atoms with Crippen molar-refractivity contribution in [2.24, 2.45) is 4.99 Å². The fourth-order valence-electron chi connectivity index (χ4n) is 3.13. The van der Waals surface area contributed by atoms with Crippen LogP contribution in [-0.4, -0.2) is 27.1 Å². The summed E-state index contributed by atoms with van der Waals surface area (Å²) in [6, 6.07) is 26.0. The second-order valence-electron chi connectivity index (χ2n) is 7.00. The van der Waals surface area contributed by atoms with E-state index in [1.165, 1.54) is 11.8 Å². The van der Waals surface area contributed by atoms with Crippen LogP contribution in [-0.2, 0) is 16.1 Å². The van der Waals surface area contributed by atoms with E-state index < -0.39 is 5.25 Å². The summed E-state index contributed by atoms with van der Waals surface area (Å²) in [6.07, 6.45) is 0.102. The number of anilines is 1. The Bertz CT molecular complexity index is 1090. The first-order chi connectivity index (χ1) is 15.1. The minimum Gasteiger partial charge on any atom is -0.325 e. The lowest BCUT2D eigenvalue weighted by atomic mass is 10.2. The monoisotopic (exact) mass is 449 g/mol. The maximum Gasteiger partial charge on any atom is 0.238 e. The average Bonchev–Trinajstić information content (AvgIpc) is 2.78. The van der Waals surface area contributed by atoms with Crippen molar-refractivity contribution in [1.82, 2.24) is 4.90 Å². The number of benzene rings is 3. The Labute approximate surface area is 190 Å². The van der Waals surface area contributed by atoms with Gasteiger partial charge in [-0.05, 0) is 42.0 Å². The van der Waals surface area contributed by atoms with E-state index in [2.05, 4.69) is 10.3 Å². The number of para-hydroxylation sites is 2. The summed E-state index contributed by atoms with van der Waals surface area (Å²) in [6.45, 7) is 0.363. The number of hydrogen-bond donors (Lipinski definition) is 1. The van der Waals surface area contributed by atoms with Gasteiger partial charge in [-0.1, -0.05) is 71.9 Å². The molecule has 0 spiro atoms. The van der Waals surface area contributed by atoms with Crippen LogP contribution in [0.4, 0.5) is 11.4 Å². The normalized spacial score (nSPS) is 17.6. The summed E-state index contributed by atoms with van der Waals surface area (Å²) in [7, 11) is 0. The molecule has 0 saturated carbocycles. The Balaban J connectivity index is 1.58. The van der Waals surface area contributed by atoms with Crippen molar-refractivity contribution in [2.45, 2.75) is 18.2 Å². The number of carbonyl (C=O) groups excluding carboxylic acids is 2. The standard InChI is InChI=1S/C24H20ClN3O2S/c25-18-13-11-17(12-14-18)16-28-22(29)15-21(23(30)26-19-7-3-1-4-8-19)31-24(28)27-20-9-5-2-6-10-20/h1-14,21H,15-16H2,(H,26,30). The number of amides is 2. The van der Waals surface area contributed by atoms with Crippen LogP contribution in [0, 0.1) is 0 Å². The number of halogens is 1. The molecule has 5 nitrogen and oxygen atoms in total. The first-order valence-corrected chi connectivity index (χ1v) is 11.1. The van der Waals surface area contributed by atoms with Gasteiger partial charge in [0.2, 0.25) is 11.8 Å². The summed E-state index contributed by atoms with van der Waals surface area (Å²) < 4.78 is 0. The summed E-state index contributed by atoms with van der Waals surface area (Å²) in [5.41, 5.74) is 2.36. The third-order valence-corrected chi connectivity index (χ3v) is 6.15. The molecule has 1 atom stereocenters. The van der Waals surface area contributed by atoms with Crippen molar-refractivity contribution in [3.63, 3.8) is 0 Å². The number of hydrogen-bond acceptors (Lipinski definition) is 4. The van der Waals surface area contributed by atoms with Gasteiger partial charge in [-0.3, -0.25) is 14.5 Å². The van der Waals surface area contributed by atoms with Crippen LogP contribution in [0.1, 0.15) is 12.0 Å². The molecule has 1 heterocycles. The number of rotatable bonds is 5. The topological polar surface area (TPSA) is 61.8 Å². The van der Waals surface area contributed by atoms with E-state index in [0.29, 0.717) is 22.4 Å². The number of carbonyl (C=O) groups is 2. The second kappa shape index (κ2) is 9.81. The van der Waals surface area contributed by atoms with Crippen molar-refractivity contribution in [3.05, 3.63) is 95.5 Å². The molecule has 156 valence electrons. The molecule has 1 saturated heterocycles. The van der Waals surface area contributed by atoms with Gasteiger partial charge < -0.3 is 5.32 Å². The highest BCUT2D eigenvalue weighted by atomic mass is 35.5. The van der Waals surface area contributed by atoms with E-state index in [9.17, 15) is 9.59 Å². The van der Waals surface area contributed by atoms with Crippen molar-refractivity contribution >= 4 is 51.7 Å². The van der Waals surface area contributed by atoms with E-state index >= 15 is 0 Å². The van der Waals surface area contributed by atoms with Crippen LogP contribution in [0.15, 0.2) is 89.9 Å². The molecule has 3 aromatic rings. The number of aliphatic imine (C=N–C) groups is 1. The molecule has 0 bridgehead atoms. The number of amidine groups is 1. The van der Waals surface area contributed by atoms with Gasteiger partial charge in [0.15, 0.2) is 5.17 Å². The van der Waals surface area contributed by atoms with Gasteiger partial charge in [-0.15, -0.1) is 0 Å². The molecule has 1 unspecified atom stereocenters. The second-order valence-corrected chi connectivity index (χ2v) is 8.61. The predicted octanol–water partition coefficient (Wildman–Crippen LogP) is 5.50. The Morgan fingerprint density at radius 2 is 1.65 bits per heavy atom. The third-order valence-electron chi connectivity index (χ3n) is 4.71. The lowest BCUT2D eigenvalue weighted by Gasteiger charge is -2.32. The summed E-state index contributed by atoms with van der Waals surface area (Å²) in [5, 5.41) is 3.47. The maximum atomic E-state index is 13.1. The number of nitrogens with zero attached hydrogens (tertiary/aromatic N) is 2. The highest BCUT2D eigenvalue weighted by molar-refractivity contribution is 8.15. The quantitative estimate of drug-likeness (QED) is 0.559. The highest BCUT2D eigenvalue weighted by Gasteiger charge is 2.36. The smallest absolute Gasteiger partial charge is 0.238 e. The number of thioether (sulfide) groups is 1. The molecule has 1 aliphatic rings. The first-order valence-electron chi connectivity index (χ1n) is 9.79. The molecule has 31 heavy (non-hydrogen) atoms. The summed E-state index contributed by atoms with van der Waals surface area (Å²) in [5.74, 6) is -0.354. The lowest BCUT2D eigenvalue weighted by molar-refractivity contribution is -0.129. The molecule has 2 amide bonds.